The van der Waals surface area contributed by atoms with Crippen LogP contribution in [-0.2, 0) is 0 Å². The average molecular weight is 545 g/mol. The number of methoxy groups -OCH3 is 1. The number of carbonyl (C=O) groups excluding carboxylic acids is 3. The van der Waals surface area contributed by atoms with Crippen LogP contribution in [0.25, 0.3) is 0 Å². The number of thiocarbonyl (C=S) groups is 1. The summed E-state index contributed by atoms with van der Waals surface area (Å²) in [5, 5.41) is 5.64. The zero-order valence-electron chi connectivity index (χ0n) is 17.0. The van der Waals surface area contributed by atoms with E-state index < -0.39 is 17.7 Å². The number of hydrogen-bond acceptors (Lipinski definition) is 5. The quantitative estimate of drug-likeness (QED) is 0.354. The molecule has 7 nitrogen and oxygen atoms in total. The second-order valence-corrected chi connectivity index (χ2v) is 8.64. The maximum Gasteiger partial charge on any atom is 0.266 e. The van der Waals surface area contributed by atoms with Crippen LogP contribution in [0, 0.1) is 0 Å². The van der Waals surface area contributed by atoms with Crippen molar-refractivity contribution in [3.63, 3.8) is 0 Å². The molecule has 3 aromatic carbocycles. The van der Waals surface area contributed by atoms with E-state index in [4.69, 9.17) is 28.6 Å². The molecular formula is C23H15BrClN3O4S. The fourth-order valence-corrected chi connectivity index (χ4v) is 4.14. The molecule has 33 heavy (non-hydrogen) atoms. The van der Waals surface area contributed by atoms with E-state index in [0.29, 0.717) is 38.3 Å². The lowest BCUT2D eigenvalue weighted by Crippen LogP contribution is -2.34. The van der Waals surface area contributed by atoms with Crippen molar-refractivity contribution in [2.75, 3.05) is 17.3 Å². The number of benzene rings is 3. The van der Waals surface area contributed by atoms with Crippen LogP contribution >= 0.6 is 39.7 Å². The summed E-state index contributed by atoms with van der Waals surface area (Å²) in [6.07, 6.45) is 0. The van der Waals surface area contributed by atoms with E-state index in [1.54, 1.807) is 54.6 Å². The molecule has 0 saturated carbocycles. The van der Waals surface area contributed by atoms with Crippen molar-refractivity contribution >= 4 is 74.0 Å². The third-order valence-electron chi connectivity index (χ3n) is 4.89. The molecule has 1 aliphatic heterocycles. The smallest absolute Gasteiger partial charge is 0.266 e. The van der Waals surface area contributed by atoms with Crippen molar-refractivity contribution in [1.29, 1.82) is 0 Å². The maximum absolute atomic E-state index is 12.7. The third-order valence-corrected chi connectivity index (χ3v) is 5.90. The Bertz CT molecular complexity index is 1300. The monoisotopic (exact) mass is 543 g/mol. The van der Waals surface area contributed by atoms with Crippen molar-refractivity contribution in [3.8, 4) is 5.75 Å². The molecule has 0 unspecified atom stereocenters. The Morgan fingerprint density at radius 2 is 1.70 bits per heavy atom. The lowest BCUT2D eigenvalue weighted by molar-refractivity contribution is 0.0923. The molecule has 0 saturated heterocycles. The highest BCUT2D eigenvalue weighted by atomic mass is 79.9. The summed E-state index contributed by atoms with van der Waals surface area (Å²) in [7, 11) is 1.46. The molecule has 0 radical (unpaired) electrons. The topological polar surface area (TPSA) is 87.7 Å². The molecule has 0 atom stereocenters. The van der Waals surface area contributed by atoms with Crippen molar-refractivity contribution in [2.24, 2.45) is 0 Å². The molecule has 2 N–H and O–H groups in total. The minimum absolute atomic E-state index is 0.0115. The average Bonchev–Trinajstić information content (AvgIpc) is 3.05. The second-order valence-electron chi connectivity index (χ2n) is 6.91. The zero-order chi connectivity index (χ0) is 23.7. The highest BCUT2D eigenvalue weighted by Crippen LogP contribution is 2.33. The lowest BCUT2D eigenvalue weighted by atomic mass is 10.1. The number of imide groups is 1. The minimum atomic E-state index is -0.468. The van der Waals surface area contributed by atoms with Crippen LogP contribution in [0.3, 0.4) is 0 Å². The van der Waals surface area contributed by atoms with E-state index in [1.807, 2.05) is 0 Å². The summed E-state index contributed by atoms with van der Waals surface area (Å²) < 4.78 is 5.92. The van der Waals surface area contributed by atoms with E-state index >= 15 is 0 Å². The third kappa shape index (κ3) is 4.47. The van der Waals surface area contributed by atoms with Gasteiger partial charge in [-0.1, -0.05) is 39.7 Å². The van der Waals surface area contributed by atoms with Gasteiger partial charge >= 0.3 is 0 Å². The summed E-state index contributed by atoms with van der Waals surface area (Å²) in [4.78, 5) is 39.0. The van der Waals surface area contributed by atoms with Gasteiger partial charge in [-0.05, 0) is 60.7 Å². The number of anilines is 2. The molecule has 0 aliphatic carbocycles. The van der Waals surface area contributed by atoms with Gasteiger partial charge in [0.1, 0.15) is 5.75 Å². The van der Waals surface area contributed by atoms with Gasteiger partial charge in [-0.2, -0.15) is 0 Å². The standard InChI is InChI=1S/C23H15BrClN3O4S/c1-32-19-9-6-12(24)10-16(19)20(29)27-23(33)26-18-8-7-13(11-17(18)25)28-21(30)14-4-2-3-5-15(14)22(28)31/h2-11H,1H3,(H2,26,27,29,33). The van der Waals surface area contributed by atoms with Gasteiger partial charge < -0.3 is 10.1 Å². The molecule has 1 heterocycles. The number of hydrogen-bond donors (Lipinski definition) is 2. The summed E-state index contributed by atoms with van der Waals surface area (Å²) in [6, 6.07) is 16.2. The SMILES string of the molecule is COc1ccc(Br)cc1C(=O)NC(=S)Nc1ccc(N2C(=O)c3ccccc3C2=O)cc1Cl. The van der Waals surface area contributed by atoms with Crippen LogP contribution in [0.1, 0.15) is 31.1 Å². The number of halogens is 2. The van der Waals surface area contributed by atoms with Gasteiger partial charge in [-0.3, -0.25) is 19.7 Å². The van der Waals surface area contributed by atoms with Crippen molar-refractivity contribution in [3.05, 3.63) is 86.8 Å². The van der Waals surface area contributed by atoms with Crippen LogP contribution in [-0.4, -0.2) is 29.9 Å². The molecule has 3 amide bonds. The maximum atomic E-state index is 12.7. The number of amides is 3. The van der Waals surface area contributed by atoms with Gasteiger partial charge in [0, 0.05) is 4.47 Å². The van der Waals surface area contributed by atoms with E-state index in [0.717, 1.165) is 4.90 Å². The first-order valence-corrected chi connectivity index (χ1v) is 11.1. The molecule has 3 aromatic rings. The van der Waals surface area contributed by atoms with Crippen molar-refractivity contribution in [1.82, 2.24) is 5.32 Å². The van der Waals surface area contributed by atoms with Crippen LogP contribution in [0.2, 0.25) is 5.02 Å². The zero-order valence-corrected chi connectivity index (χ0v) is 20.2. The summed E-state index contributed by atoms with van der Waals surface area (Å²) in [6.45, 7) is 0. The van der Waals surface area contributed by atoms with Crippen LogP contribution in [0.4, 0.5) is 11.4 Å². The van der Waals surface area contributed by atoms with Crippen LogP contribution in [0.5, 0.6) is 5.75 Å². The number of nitrogens with one attached hydrogen (secondary N) is 2. The van der Waals surface area contributed by atoms with E-state index in [2.05, 4.69) is 26.6 Å². The minimum Gasteiger partial charge on any atom is -0.496 e. The van der Waals surface area contributed by atoms with E-state index in [-0.39, 0.29) is 10.1 Å². The Morgan fingerprint density at radius 1 is 1.03 bits per heavy atom. The highest BCUT2D eigenvalue weighted by molar-refractivity contribution is 9.10. The van der Waals surface area contributed by atoms with E-state index in [1.165, 1.54) is 13.2 Å². The van der Waals surface area contributed by atoms with Gasteiger partial charge in [-0.25, -0.2) is 4.90 Å². The Kier molecular flexibility index (Phi) is 6.46. The molecule has 4 rings (SSSR count). The summed E-state index contributed by atoms with van der Waals surface area (Å²) in [5.74, 6) is -0.914. The van der Waals surface area contributed by atoms with Crippen LogP contribution in [0.15, 0.2) is 65.1 Å². The first-order valence-electron chi connectivity index (χ1n) is 9.53. The van der Waals surface area contributed by atoms with Crippen LogP contribution < -0.4 is 20.3 Å². The predicted molar refractivity (Wildman–Crippen MR) is 133 cm³/mol. The molecular weight excluding hydrogens is 530 g/mol. The Balaban J connectivity index is 1.49. The first-order chi connectivity index (χ1) is 15.8. The second kappa shape index (κ2) is 9.30. The van der Waals surface area contributed by atoms with Crippen molar-refractivity contribution < 1.29 is 19.1 Å². The first kappa shape index (κ1) is 22.9. The number of ether oxygens (including phenoxy) is 1. The number of nitrogens with zero attached hydrogens (tertiary/aromatic N) is 1. The van der Waals surface area contributed by atoms with Gasteiger partial charge in [0.2, 0.25) is 0 Å². The normalized spacial score (nSPS) is 12.4. The Hall–Kier alpha value is -3.27. The molecule has 10 heteroatoms. The molecule has 1 aliphatic rings. The molecule has 0 aromatic heterocycles. The predicted octanol–water partition coefficient (Wildman–Crippen LogP) is 5.04. The van der Waals surface area contributed by atoms with Gasteiger partial charge in [0.25, 0.3) is 17.7 Å². The molecule has 0 fully saturated rings. The molecule has 0 bridgehead atoms. The Morgan fingerprint density at radius 3 is 2.30 bits per heavy atom. The molecule has 0 spiro atoms. The fourth-order valence-electron chi connectivity index (χ4n) is 3.35. The van der Waals surface area contributed by atoms with Gasteiger partial charge in [0.05, 0.1) is 40.2 Å². The Labute approximate surface area is 207 Å². The lowest BCUT2D eigenvalue weighted by Gasteiger charge is -2.17. The molecule has 166 valence electrons. The highest BCUT2D eigenvalue weighted by Gasteiger charge is 2.36. The number of rotatable bonds is 4. The van der Waals surface area contributed by atoms with Gasteiger partial charge in [-0.15, -0.1) is 0 Å². The number of carbonyl (C=O) groups is 3. The van der Waals surface area contributed by atoms with Gasteiger partial charge in [0.15, 0.2) is 5.11 Å². The fraction of sp³-hybridized carbons (Fsp3) is 0.0435. The summed E-state index contributed by atoms with van der Waals surface area (Å²) in [5.41, 5.74) is 1.69. The van der Waals surface area contributed by atoms with Crippen molar-refractivity contribution in [2.45, 2.75) is 0 Å². The summed E-state index contributed by atoms with van der Waals surface area (Å²) >= 11 is 14.9. The number of fused-ring (bicyclic) bond motifs is 1. The van der Waals surface area contributed by atoms with E-state index in [9.17, 15) is 14.4 Å². The largest absolute Gasteiger partial charge is 0.496 e.